The zero-order valence-corrected chi connectivity index (χ0v) is 9.28. The van der Waals surface area contributed by atoms with E-state index in [0.717, 1.165) is 27.3 Å². The molecule has 2 N–H and O–H groups in total. The Hall–Kier alpha value is -1.58. The molecule has 0 aliphatic heterocycles. The Morgan fingerprint density at radius 1 is 1.25 bits per heavy atom. The summed E-state index contributed by atoms with van der Waals surface area (Å²) in [4.78, 5) is 4.41. The van der Waals surface area contributed by atoms with Crippen LogP contribution in [0.2, 0.25) is 5.02 Å². The lowest BCUT2D eigenvalue weighted by atomic mass is 10.2. The number of imidazole rings is 1. The SMILES string of the molecule is NCc1cn2c(ccc3cc(Cl)ccc32)n1. The second-order valence-electron chi connectivity index (χ2n) is 3.70. The predicted molar refractivity (Wildman–Crippen MR) is 65.6 cm³/mol. The molecule has 0 amide bonds. The van der Waals surface area contributed by atoms with E-state index < -0.39 is 0 Å². The van der Waals surface area contributed by atoms with Gasteiger partial charge in [-0.2, -0.15) is 0 Å². The molecule has 0 aliphatic rings. The van der Waals surface area contributed by atoms with Crippen LogP contribution in [-0.4, -0.2) is 9.38 Å². The van der Waals surface area contributed by atoms with Gasteiger partial charge >= 0.3 is 0 Å². The maximum absolute atomic E-state index is 5.96. The third kappa shape index (κ3) is 1.37. The molecular formula is C12H10ClN3. The van der Waals surface area contributed by atoms with E-state index in [1.54, 1.807) is 0 Å². The quantitative estimate of drug-likeness (QED) is 0.700. The van der Waals surface area contributed by atoms with Crippen LogP contribution < -0.4 is 5.73 Å². The van der Waals surface area contributed by atoms with Crippen molar-refractivity contribution in [3.63, 3.8) is 0 Å². The molecule has 16 heavy (non-hydrogen) atoms. The monoisotopic (exact) mass is 231 g/mol. The molecule has 80 valence electrons. The number of halogens is 1. The fourth-order valence-electron chi connectivity index (χ4n) is 1.90. The number of rotatable bonds is 1. The summed E-state index contributed by atoms with van der Waals surface area (Å²) in [6.07, 6.45) is 1.96. The zero-order valence-electron chi connectivity index (χ0n) is 8.52. The van der Waals surface area contributed by atoms with Gasteiger partial charge in [-0.25, -0.2) is 4.98 Å². The smallest absolute Gasteiger partial charge is 0.137 e. The van der Waals surface area contributed by atoms with Crippen molar-refractivity contribution >= 4 is 28.2 Å². The Bertz CT molecular complexity index is 672. The van der Waals surface area contributed by atoms with Gasteiger partial charge in [-0.15, -0.1) is 0 Å². The highest BCUT2D eigenvalue weighted by Gasteiger charge is 2.03. The van der Waals surface area contributed by atoms with Crippen molar-refractivity contribution in [3.8, 4) is 0 Å². The summed E-state index contributed by atoms with van der Waals surface area (Å²) in [5.41, 5.74) is 8.48. The number of hydrogen-bond donors (Lipinski definition) is 1. The van der Waals surface area contributed by atoms with E-state index in [4.69, 9.17) is 17.3 Å². The Morgan fingerprint density at radius 2 is 2.12 bits per heavy atom. The van der Waals surface area contributed by atoms with E-state index in [1.807, 2.05) is 40.9 Å². The predicted octanol–water partition coefficient (Wildman–Crippen LogP) is 2.60. The average molecular weight is 232 g/mol. The number of benzene rings is 1. The molecule has 3 rings (SSSR count). The number of nitrogens with zero attached hydrogens (tertiary/aromatic N) is 2. The number of hydrogen-bond acceptors (Lipinski definition) is 2. The van der Waals surface area contributed by atoms with Gasteiger partial charge in [0.15, 0.2) is 0 Å². The van der Waals surface area contributed by atoms with E-state index in [2.05, 4.69) is 4.98 Å². The van der Waals surface area contributed by atoms with Gasteiger partial charge in [0.1, 0.15) is 5.65 Å². The molecule has 0 saturated carbocycles. The van der Waals surface area contributed by atoms with Crippen LogP contribution in [0.4, 0.5) is 0 Å². The van der Waals surface area contributed by atoms with E-state index >= 15 is 0 Å². The minimum Gasteiger partial charge on any atom is -0.325 e. The molecule has 0 unspecified atom stereocenters. The van der Waals surface area contributed by atoms with Gasteiger partial charge in [-0.3, -0.25) is 4.40 Å². The molecule has 0 aliphatic carbocycles. The fraction of sp³-hybridized carbons (Fsp3) is 0.0833. The van der Waals surface area contributed by atoms with E-state index in [9.17, 15) is 0 Å². The van der Waals surface area contributed by atoms with Gasteiger partial charge in [0, 0.05) is 23.2 Å². The first-order valence-corrected chi connectivity index (χ1v) is 5.42. The number of aromatic nitrogens is 2. The van der Waals surface area contributed by atoms with Crippen molar-refractivity contribution in [3.05, 3.63) is 47.2 Å². The van der Waals surface area contributed by atoms with Crippen LogP contribution in [0.5, 0.6) is 0 Å². The lowest BCUT2D eigenvalue weighted by Gasteiger charge is -2.01. The molecular weight excluding hydrogens is 222 g/mol. The minimum absolute atomic E-state index is 0.455. The highest BCUT2D eigenvalue weighted by molar-refractivity contribution is 6.31. The first-order chi connectivity index (χ1) is 7.78. The van der Waals surface area contributed by atoms with Crippen molar-refractivity contribution in [2.45, 2.75) is 6.54 Å². The van der Waals surface area contributed by atoms with Crippen LogP contribution in [-0.2, 0) is 6.54 Å². The second kappa shape index (κ2) is 3.47. The summed E-state index contributed by atoms with van der Waals surface area (Å²) in [5, 5.41) is 1.84. The van der Waals surface area contributed by atoms with Crippen LogP contribution in [0.25, 0.3) is 16.6 Å². The van der Waals surface area contributed by atoms with Crippen LogP contribution in [0.1, 0.15) is 5.69 Å². The van der Waals surface area contributed by atoms with Crippen molar-refractivity contribution < 1.29 is 0 Å². The summed E-state index contributed by atoms with van der Waals surface area (Å²) >= 11 is 5.96. The highest BCUT2D eigenvalue weighted by Crippen LogP contribution is 2.21. The topological polar surface area (TPSA) is 43.3 Å². The second-order valence-corrected chi connectivity index (χ2v) is 4.14. The van der Waals surface area contributed by atoms with Crippen molar-refractivity contribution in [1.29, 1.82) is 0 Å². The summed E-state index contributed by atoms with van der Waals surface area (Å²) in [5.74, 6) is 0. The van der Waals surface area contributed by atoms with Crippen LogP contribution in [0.3, 0.4) is 0 Å². The Kier molecular flexibility index (Phi) is 2.09. The molecule has 4 heteroatoms. The number of fused-ring (bicyclic) bond motifs is 3. The third-order valence-corrected chi connectivity index (χ3v) is 2.89. The molecule has 2 heterocycles. The van der Waals surface area contributed by atoms with Gasteiger partial charge in [0.2, 0.25) is 0 Å². The van der Waals surface area contributed by atoms with Crippen LogP contribution >= 0.6 is 11.6 Å². The molecule has 3 nitrogen and oxygen atoms in total. The maximum atomic E-state index is 5.96. The Balaban J connectivity index is 2.43. The third-order valence-electron chi connectivity index (χ3n) is 2.65. The molecule has 3 aromatic rings. The summed E-state index contributed by atoms with van der Waals surface area (Å²) < 4.78 is 2.04. The van der Waals surface area contributed by atoms with E-state index in [1.165, 1.54) is 0 Å². The molecule has 0 fully saturated rings. The molecule has 0 bridgehead atoms. The van der Waals surface area contributed by atoms with Gasteiger partial charge < -0.3 is 5.73 Å². The molecule has 0 spiro atoms. The maximum Gasteiger partial charge on any atom is 0.137 e. The van der Waals surface area contributed by atoms with Gasteiger partial charge in [0.25, 0.3) is 0 Å². The molecule has 0 radical (unpaired) electrons. The Morgan fingerprint density at radius 3 is 2.94 bits per heavy atom. The zero-order chi connectivity index (χ0) is 11.1. The van der Waals surface area contributed by atoms with E-state index in [-0.39, 0.29) is 0 Å². The van der Waals surface area contributed by atoms with Crippen molar-refractivity contribution in [2.75, 3.05) is 0 Å². The van der Waals surface area contributed by atoms with Crippen LogP contribution in [0.15, 0.2) is 36.5 Å². The summed E-state index contributed by atoms with van der Waals surface area (Å²) in [7, 11) is 0. The van der Waals surface area contributed by atoms with Gasteiger partial charge in [-0.05, 0) is 30.3 Å². The molecule has 0 atom stereocenters. The lowest BCUT2D eigenvalue weighted by molar-refractivity contribution is 1.02. The van der Waals surface area contributed by atoms with Crippen molar-refractivity contribution in [2.24, 2.45) is 5.73 Å². The molecule has 0 saturated heterocycles. The highest BCUT2D eigenvalue weighted by atomic mass is 35.5. The summed E-state index contributed by atoms with van der Waals surface area (Å²) in [6.45, 7) is 0.455. The fourth-order valence-corrected chi connectivity index (χ4v) is 2.08. The normalized spacial score (nSPS) is 11.4. The number of pyridine rings is 1. The van der Waals surface area contributed by atoms with Gasteiger partial charge in [0.05, 0.1) is 11.2 Å². The minimum atomic E-state index is 0.455. The molecule has 2 aromatic heterocycles. The van der Waals surface area contributed by atoms with Crippen molar-refractivity contribution in [1.82, 2.24) is 9.38 Å². The number of nitrogens with two attached hydrogens (primary N) is 1. The van der Waals surface area contributed by atoms with E-state index in [0.29, 0.717) is 6.54 Å². The summed E-state index contributed by atoms with van der Waals surface area (Å²) in [6, 6.07) is 9.80. The lowest BCUT2D eigenvalue weighted by Crippen LogP contribution is -1.95. The first kappa shape index (κ1) is 9.63. The standard InChI is InChI=1S/C12H10ClN3/c13-9-2-3-11-8(5-9)1-4-12-15-10(6-14)7-16(11)12/h1-5,7H,6,14H2. The van der Waals surface area contributed by atoms with Crippen LogP contribution in [0, 0.1) is 0 Å². The largest absolute Gasteiger partial charge is 0.325 e. The van der Waals surface area contributed by atoms with Gasteiger partial charge in [-0.1, -0.05) is 11.6 Å². The first-order valence-electron chi connectivity index (χ1n) is 5.04. The average Bonchev–Trinajstić information content (AvgIpc) is 2.71. The molecule has 1 aromatic carbocycles. The Labute approximate surface area is 97.5 Å².